The van der Waals surface area contributed by atoms with Gasteiger partial charge >= 0.3 is 13.7 Å². The van der Waals surface area contributed by atoms with Gasteiger partial charge in [-0.3, -0.25) is 4.57 Å². The molecule has 2 atom stereocenters. The number of amides is 1. The zero-order valence-corrected chi connectivity index (χ0v) is 19.6. The maximum absolute atomic E-state index is 12.2. The van der Waals surface area contributed by atoms with Crippen LogP contribution in [-0.4, -0.2) is 38.6 Å². The van der Waals surface area contributed by atoms with Gasteiger partial charge in [-0.25, -0.2) is 4.79 Å². The zero-order valence-electron chi connectivity index (χ0n) is 18.7. The Labute approximate surface area is 177 Å². The third-order valence-electron chi connectivity index (χ3n) is 5.51. The number of hydrogen-bond acceptors (Lipinski definition) is 5. The zero-order chi connectivity index (χ0) is 21.4. The Hall–Kier alpha value is -0.840. The Kier molecular flexibility index (Phi) is 14.4. The van der Waals surface area contributed by atoms with Crippen LogP contribution in [-0.2, 0) is 18.3 Å². The van der Waals surface area contributed by atoms with Gasteiger partial charge < -0.3 is 19.1 Å². The molecule has 1 heterocycles. The molecule has 1 amide bonds. The van der Waals surface area contributed by atoms with Crippen LogP contribution in [0.25, 0.3) is 0 Å². The van der Waals surface area contributed by atoms with E-state index in [-0.39, 0.29) is 18.3 Å². The number of ether oxygens (including phenoxy) is 1. The van der Waals surface area contributed by atoms with Crippen molar-refractivity contribution in [1.29, 1.82) is 0 Å². The molecular weight excluding hydrogens is 389 g/mol. The van der Waals surface area contributed by atoms with Gasteiger partial charge in [0.25, 0.3) is 0 Å². The number of hydrogen-bond donors (Lipinski definition) is 1. The first kappa shape index (κ1) is 26.2. The Morgan fingerprint density at radius 2 is 1.52 bits per heavy atom. The van der Waals surface area contributed by atoms with E-state index in [1.165, 1.54) is 78.4 Å². The summed E-state index contributed by atoms with van der Waals surface area (Å²) < 4.78 is 27.4. The van der Waals surface area contributed by atoms with Gasteiger partial charge in [0, 0.05) is 14.2 Å². The number of nitrogens with one attached hydrogen (secondary N) is 1. The number of allylic oxidation sites excluding steroid dienone is 1. The molecule has 1 saturated heterocycles. The normalized spacial score (nSPS) is 19.6. The Morgan fingerprint density at radius 3 is 2.07 bits per heavy atom. The van der Waals surface area contributed by atoms with Gasteiger partial charge in [0.1, 0.15) is 6.10 Å². The second-order valence-corrected chi connectivity index (χ2v) is 10.3. The molecule has 0 unspecified atom stereocenters. The number of carbonyl (C=O) groups excluding carboxylic acids is 1. The summed E-state index contributed by atoms with van der Waals surface area (Å²) >= 11 is 0. The Bertz CT molecular complexity index is 503. The highest BCUT2D eigenvalue weighted by atomic mass is 31.2. The maximum atomic E-state index is 12.2. The van der Waals surface area contributed by atoms with Gasteiger partial charge in [-0.1, -0.05) is 77.2 Å². The Morgan fingerprint density at radius 1 is 0.966 bits per heavy atom. The number of alkyl carbamates (subject to hydrolysis) is 1. The first-order valence-corrected chi connectivity index (χ1v) is 13.1. The van der Waals surface area contributed by atoms with Crippen molar-refractivity contribution in [1.82, 2.24) is 5.32 Å². The quantitative estimate of drug-likeness (QED) is 0.150. The van der Waals surface area contributed by atoms with E-state index in [9.17, 15) is 9.36 Å². The van der Waals surface area contributed by atoms with E-state index in [0.29, 0.717) is 6.42 Å². The van der Waals surface area contributed by atoms with Crippen molar-refractivity contribution in [3.8, 4) is 0 Å². The van der Waals surface area contributed by atoms with Crippen LogP contribution in [0.2, 0.25) is 0 Å². The minimum absolute atomic E-state index is 0.199. The van der Waals surface area contributed by atoms with Crippen molar-refractivity contribution in [3.63, 3.8) is 0 Å². The summed E-state index contributed by atoms with van der Waals surface area (Å²) in [5.41, 5.74) is 0. The van der Waals surface area contributed by atoms with Crippen molar-refractivity contribution in [2.45, 2.75) is 103 Å². The lowest BCUT2D eigenvalue weighted by molar-refractivity contribution is 0.152. The minimum Gasteiger partial charge on any atom is -0.440 e. The van der Waals surface area contributed by atoms with Crippen molar-refractivity contribution < 1.29 is 23.1 Å². The molecule has 1 aliphatic heterocycles. The summed E-state index contributed by atoms with van der Waals surface area (Å²) in [4.78, 5) is 11.6. The van der Waals surface area contributed by atoms with Gasteiger partial charge in [0.15, 0.2) is 0 Å². The highest BCUT2D eigenvalue weighted by Crippen LogP contribution is 2.47. The fourth-order valence-electron chi connectivity index (χ4n) is 3.59. The third kappa shape index (κ3) is 11.8. The molecule has 1 fully saturated rings. The lowest BCUT2D eigenvalue weighted by Crippen LogP contribution is -2.31. The van der Waals surface area contributed by atoms with E-state index in [0.717, 1.165) is 12.8 Å². The fourth-order valence-corrected chi connectivity index (χ4v) is 4.70. The van der Waals surface area contributed by atoms with Crippen LogP contribution in [0.3, 0.4) is 0 Å². The molecule has 0 saturated carbocycles. The molecule has 6 nitrogen and oxygen atoms in total. The Balaban J connectivity index is 2.11. The molecule has 0 aromatic heterocycles. The SMILES string of the molecule is CCCCCCCCCCCCC/C=C/[C@H]1OC(=O)N[C@H]1CCP(=O)(OC)OC. The second kappa shape index (κ2) is 15.9. The van der Waals surface area contributed by atoms with Gasteiger partial charge in [0.2, 0.25) is 0 Å². The molecule has 0 bridgehead atoms. The molecule has 1 aliphatic rings. The van der Waals surface area contributed by atoms with E-state index in [1.807, 2.05) is 6.08 Å². The topological polar surface area (TPSA) is 73.9 Å². The summed E-state index contributed by atoms with van der Waals surface area (Å²) in [5.74, 6) is 0. The maximum Gasteiger partial charge on any atom is 0.408 e. The van der Waals surface area contributed by atoms with E-state index >= 15 is 0 Å². The summed E-state index contributed by atoms with van der Waals surface area (Å²) in [6, 6.07) is -0.199. The molecular formula is C22H42NO5P. The molecule has 0 aromatic carbocycles. The molecule has 0 spiro atoms. The molecule has 0 aliphatic carbocycles. The summed E-state index contributed by atoms with van der Waals surface area (Å²) in [5, 5.41) is 2.78. The van der Waals surface area contributed by atoms with Crippen LogP contribution in [0.15, 0.2) is 12.2 Å². The van der Waals surface area contributed by atoms with Gasteiger partial charge in [-0.15, -0.1) is 0 Å². The number of rotatable bonds is 18. The van der Waals surface area contributed by atoms with Crippen LogP contribution in [0.5, 0.6) is 0 Å². The largest absolute Gasteiger partial charge is 0.440 e. The van der Waals surface area contributed by atoms with E-state index in [4.69, 9.17) is 13.8 Å². The average molecular weight is 432 g/mol. The molecule has 29 heavy (non-hydrogen) atoms. The van der Waals surface area contributed by atoms with Crippen LogP contribution in [0, 0.1) is 0 Å². The average Bonchev–Trinajstić information content (AvgIpc) is 3.09. The van der Waals surface area contributed by atoms with E-state index in [2.05, 4.69) is 18.3 Å². The summed E-state index contributed by atoms with van der Waals surface area (Å²) in [6.07, 6.45) is 19.7. The third-order valence-corrected chi connectivity index (χ3v) is 7.43. The van der Waals surface area contributed by atoms with Crippen molar-refractivity contribution in [2.75, 3.05) is 20.4 Å². The lowest BCUT2D eigenvalue weighted by Gasteiger charge is -2.17. The van der Waals surface area contributed by atoms with Crippen molar-refractivity contribution >= 4 is 13.7 Å². The molecule has 0 radical (unpaired) electrons. The predicted molar refractivity (Wildman–Crippen MR) is 119 cm³/mol. The van der Waals surface area contributed by atoms with Gasteiger partial charge in [-0.05, 0) is 25.3 Å². The smallest absolute Gasteiger partial charge is 0.408 e. The predicted octanol–water partition coefficient (Wildman–Crippen LogP) is 6.60. The van der Waals surface area contributed by atoms with Crippen LogP contribution in [0.1, 0.15) is 90.4 Å². The number of cyclic esters (lactones) is 1. The summed E-state index contributed by atoms with van der Waals surface area (Å²) in [7, 11) is -0.323. The highest BCUT2D eigenvalue weighted by Gasteiger charge is 2.34. The van der Waals surface area contributed by atoms with Gasteiger partial charge in [-0.2, -0.15) is 0 Å². The first-order chi connectivity index (χ1) is 14.0. The molecule has 1 N–H and O–H groups in total. The molecule has 7 heteroatoms. The van der Waals surface area contributed by atoms with Crippen LogP contribution < -0.4 is 5.32 Å². The number of unbranched alkanes of at least 4 members (excludes halogenated alkanes) is 11. The van der Waals surface area contributed by atoms with Crippen molar-refractivity contribution in [3.05, 3.63) is 12.2 Å². The lowest BCUT2D eigenvalue weighted by atomic mass is 10.0. The van der Waals surface area contributed by atoms with E-state index in [1.54, 1.807) is 0 Å². The minimum atomic E-state index is -3.07. The van der Waals surface area contributed by atoms with Gasteiger partial charge in [0.05, 0.1) is 12.2 Å². The highest BCUT2D eigenvalue weighted by molar-refractivity contribution is 7.53. The molecule has 170 valence electrons. The fraction of sp³-hybridized carbons (Fsp3) is 0.864. The molecule has 1 rings (SSSR count). The molecule has 0 aromatic rings. The van der Waals surface area contributed by atoms with E-state index < -0.39 is 13.7 Å². The van der Waals surface area contributed by atoms with Crippen LogP contribution in [0.4, 0.5) is 4.79 Å². The monoisotopic (exact) mass is 431 g/mol. The van der Waals surface area contributed by atoms with Crippen molar-refractivity contribution in [2.24, 2.45) is 0 Å². The first-order valence-electron chi connectivity index (χ1n) is 11.4. The standard InChI is InChI=1S/C22H42NO5P/c1-4-5-6-7-8-9-10-11-12-13-14-15-16-17-21-20(23-22(24)28-21)18-19-29(25,26-2)27-3/h16-17,20-21H,4-15,18-19H2,1-3H3,(H,23,24)/b17-16+/t20-,21+/m0/s1. The number of carbonyl (C=O) groups is 1. The second-order valence-electron chi connectivity index (χ2n) is 7.86. The summed E-state index contributed by atoms with van der Waals surface area (Å²) in [6.45, 7) is 2.26. The van der Waals surface area contributed by atoms with Crippen LogP contribution >= 0.6 is 7.60 Å².